The van der Waals surface area contributed by atoms with Crippen molar-refractivity contribution in [3.8, 4) is 0 Å². The second-order valence-corrected chi connectivity index (χ2v) is 9.39. The maximum Gasteiger partial charge on any atom is 0.340 e. The van der Waals surface area contributed by atoms with Gasteiger partial charge in [-0.15, -0.1) is 0 Å². The average molecular weight is 517 g/mol. The van der Waals surface area contributed by atoms with E-state index >= 15 is 0 Å². The first-order chi connectivity index (χ1) is 15.3. The van der Waals surface area contributed by atoms with E-state index in [1.54, 1.807) is 67.6 Å². The van der Waals surface area contributed by atoms with Gasteiger partial charge in [0.15, 0.2) is 0 Å². The number of rotatable bonds is 8. The van der Waals surface area contributed by atoms with E-state index < -0.39 is 28.4 Å². The van der Waals surface area contributed by atoms with Crippen molar-refractivity contribution < 1.29 is 22.7 Å². The van der Waals surface area contributed by atoms with Crippen LogP contribution in [0, 0.1) is 0 Å². The van der Waals surface area contributed by atoms with Crippen molar-refractivity contribution in [3.63, 3.8) is 0 Å². The number of ether oxygens (including phenoxy) is 1. The Labute approximate surface area is 195 Å². The molecule has 7 nitrogen and oxygen atoms in total. The number of nitrogens with zero attached hydrogens (tertiary/aromatic N) is 1. The van der Waals surface area contributed by atoms with Gasteiger partial charge >= 0.3 is 5.97 Å². The predicted octanol–water partition coefficient (Wildman–Crippen LogP) is 4.46. The van der Waals surface area contributed by atoms with Gasteiger partial charge in [-0.05, 0) is 55.5 Å². The molecule has 0 bridgehead atoms. The predicted molar refractivity (Wildman–Crippen MR) is 126 cm³/mol. The number of anilines is 2. The van der Waals surface area contributed by atoms with Gasteiger partial charge in [-0.3, -0.25) is 9.10 Å². The highest BCUT2D eigenvalue weighted by molar-refractivity contribution is 9.10. The van der Waals surface area contributed by atoms with Crippen LogP contribution in [0.1, 0.15) is 17.3 Å². The summed E-state index contributed by atoms with van der Waals surface area (Å²) in [5.41, 5.74) is 0.749. The second kappa shape index (κ2) is 10.4. The highest BCUT2D eigenvalue weighted by Gasteiger charge is 2.27. The van der Waals surface area contributed by atoms with Crippen LogP contribution >= 0.6 is 15.9 Å². The lowest BCUT2D eigenvalue weighted by molar-refractivity contribution is -0.114. The lowest BCUT2D eigenvalue weighted by Gasteiger charge is -2.24. The number of halogens is 1. The van der Waals surface area contributed by atoms with E-state index in [4.69, 9.17) is 4.74 Å². The summed E-state index contributed by atoms with van der Waals surface area (Å²) in [4.78, 5) is 25.1. The molecule has 0 fully saturated rings. The van der Waals surface area contributed by atoms with Crippen LogP contribution in [0.25, 0.3) is 0 Å². The van der Waals surface area contributed by atoms with Crippen molar-refractivity contribution in [2.45, 2.75) is 11.8 Å². The number of nitrogens with one attached hydrogen (secondary N) is 1. The average Bonchev–Trinajstić information content (AvgIpc) is 2.79. The number of para-hydroxylation sites is 1. The van der Waals surface area contributed by atoms with Crippen LogP contribution in [0.5, 0.6) is 0 Å². The van der Waals surface area contributed by atoms with Gasteiger partial charge in [-0.1, -0.05) is 46.3 Å². The first-order valence-corrected chi connectivity index (χ1v) is 12.0. The van der Waals surface area contributed by atoms with Crippen LogP contribution in [0.15, 0.2) is 88.2 Å². The summed E-state index contributed by atoms with van der Waals surface area (Å²) >= 11 is 3.33. The van der Waals surface area contributed by atoms with Crippen molar-refractivity contribution in [3.05, 3.63) is 88.9 Å². The number of carbonyl (C=O) groups is 2. The molecule has 3 aromatic carbocycles. The molecular formula is C23H21BrN2O5S. The zero-order valence-corrected chi connectivity index (χ0v) is 19.6. The molecule has 0 heterocycles. The molecule has 32 heavy (non-hydrogen) atoms. The number of hydrogen-bond acceptors (Lipinski definition) is 5. The van der Waals surface area contributed by atoms with Gasteiger partial charge in [0.25, 0.3) is 10.0 Å². The molecule has 0 aliphatic heterocycles. The Morgan fingerprint density at radius 1 is 0.938 bits per heavy atom. The number of hydrogen-bond donors (Lipinski definition) is 1. The molecule has 0 unspecified atom stereocenters. The van der Waals surface area contributed by atoms with Gasteiger partial charge in [0.2, 0.25) is 5.91 Å². The van der Waals surface area contributed by atoms with E-state index in [1.165, 1.54) is 18.2 Å². The molecule has 0 aliphatic carbocycles. The molecule has 1 amide bonds. The highest BCUT2D eigenvalue weighted by Crippen LogP contribution is 2.25. The van der Waals surface area contributed by atoms with Gasteiger partial charge in [0.05, 0.1) is 28.4 Å². The monoisotopic (exact) mass is 516 g/mol. The molecule has 0 aromatic heterocycles. The van der Waals surface area contributed by atoms with Crippen LogP contribution in [0.4, 0.5) is 11.4 Å². The molecule has 1 N–H and O–H groups in total. The number of sulfonamides is 1. The molecular weight excluding hydrogens is 496 g/mol. The second-order valence-electron chi connectivity index (χ2n) is 6.62. The Hall–Kier alpha value is -3.17. The summed E-state index contributed by atoms with van der Waals surface area (Å²) in [6.07, 6.45) is 0. The molecule has 0 saturated carbocycles. The Morgan fingerprint density at radius 3 is 2.22 bits per heavy atom. The minimum absolute atomic E-state index is 0.0580. The summed E-state index contributed by atoms with van der Waals surface area (Å²) in [6, 6.07) is 20.8. The summed E-state index contributed by atoms with van der Waals surface area (Å²) in [5.74, 6) is -1.19. The molecule has 3 aromatic rings. The fraction of sp³-hybridized carbons (Fsp3) is 0.130. The zero-order chi connectivity index (χ0) is 23.1. The number of esters is 1. The standard InChI is InChI=1S/C23H21BrN2O5S/c1-2-31-23(28)20-10-6-7-11-21(20)25-22(27)16-26(18-14-12-17(24)13-15-18)32(29,30)19-8-4-3-5-9-19/h3-15H,2,16H2,1H3,(H,25,27). The van der Waals surface area contributed by atoms with Crippen LogP contribution < -0.4 is 9.62 Å². The lowest BCUT2D eigenvalue weighted by Crippen LogP contribution is -2.38. The van der Waals surface area contributed by atoms with Gasteiger partial charge < -0.3 is 10.1 Å². The van der Waals surface area contributed by atoms with Crippen LogP contribution in [-0.2, 0) is 19.6 Å². The minimum Gasteiger partial charge on any atom is -0.462 e. The van der Waals surface area contributed by atoms with Crippen LogP contribution in [0.2, 0.25) is 0 Å². The molecule has 0 aliphatic rings. The SMILES string of the molecule is CCOC(=O)c1ccccc1NC(=O)CN(c1ccc(Br)cc1)S(=O)(=O)c1ccccc1. The zero-order valence-electron chi connectivity index (χ0n) is 17.2. The Kier molecular flexibility index (Phi) is 7.66. The smallest absolute Gasteiger partial charge is 0.340 e. The quantitative estimate of drug-likeness (QED) is 0.446. The Balaban J connectivity index is 1.92. The van der Waals surface area contributed by atoms with E-state index in [-0.39, 0.29) is 22.8 Å². The molecule has 3 rings (SSSR count). The minimum atomic E-state index is -4.02. The van der Waals surface area contributed by atoms with E-state index in [9.17, 15) is 18.0 Å². The topological polar surface area (TPSA) is 92.8 Å². The van der Waals surface area contributed by atoms with Crippen molar-refractivity contribution >= 4 is 49.2 Å². The largest absolute Gasteiger partial charge is 0.462 e. The normalized spacial score (nSPS) is 10.9. The first-order valence-electron chi connectivity index (χ1n) is 9.72. The molecule has 0 saturated heterocycles. The number of benzene rings is 3. The van der Waals surface area contributed by atoms with Crippen LogP contribution in [0.3, 0.4) is 0 Å². The number of amides is 1. The summed E-state index contributed by atoms with van der Waals surface area (Å²) in [7, 11) is -4.02. The first kappa shape index (κ1) is 23.5. The van der Waals surface area contributed by atoms with Crippen LogP contribution in [-0.4, -0.2) is 33.4 Å². The van der Waals surface area contributed by atoms with Gasteiger partial charge in [-0.25, -0.2) is 13.2 Å². The Morgan fingerprint density at radius 2 is 1.56 bits per heavy atom. The number of carbonyl (C=O) groups excluding carboxylic acids is 2. The van der Waals surface area contributed by atoms with Crippen molar-refractivity contribution in [2.75, 3.05) is 22.8 Å². The van der Waals surface area contributed by atoms with Crippen molar-refractivity contribution in [1.29, 1.82) is 0 Å². The summed E-state index contributed by atoms with van der Waals surface area (Å²) in [5, 5.41) is 2.63. The highest BCUT2D eigenvalue weighted by atomic mass is 79.9. The van der Waals surface area contributed by atoms with E-state index in [2.05, 4.69) is 21.2 Å². The summed E-state index contributed by atoms with van der Waals surface area (Å²) in [6.45, 7) is 1.38. The maximum atomic E-state index is 13.3. The molecule has 9 heteroatoms. The van der Waals surface area contributed by atoms with E-state index in [0.717, 1.165) is 8.78 Å². The molecule has 166 valence electrons. The third-order valence-corrected chi connectivity index (χ3v) is 6.75. The molecule has 0 radical (unpaired) electrons. The molecule has 0 atom stereocenters. The third kappa shape index (κ3) is 5.54. The third-order valence-electron chi connectivity index (χ3n) is 4.43. The summed E-state index contributed by atoms with van der Waals surface area (Å²) < 4.78 is 33.5. The van der Waals surface area contributed by atoms with Crippen molar-refractivity contribution in [2.24, 2.45) is 0 Å². The Bertz CT molecular complexity index is 1200. The van der Waals surface area contributed by atoms with Crippen molar-refractivity contribution in [1.82, 2.24) is 0 Å². The fourth-order valence-corrected chi connectivity index (χ4v) is 4.65. The van der Waals surface area contributed by atoms with E-state index in [0.29, 0.717) is 5.69 Å². The van der Waals surface area contributed by atoms with Gasteiger partial charge in [-0.2, -0.15) is 0 Å². The maximum absolute atomic E-state index is 13.3. The molecule has 0 spiro atoms. The van der Waals surface area contributed by atoms with Gasteiger partial charge in [0, 0.05) is 4.47 Å². The van der Waals surface area contributed by atoms with Gasteiger partial charge in [0.1, 0.15) is 6.54 Å². The fourth-order valence-electron chi connectivity index (χ4n) is 2.94. The lowest BCUT2D eigenvalue weighted by atomic mass is 10.2. The van der Waals surface area contributed by atoms with E-state index in [1.807, 2.05) is 0 Å².